The summed E-state index contributed by atoms with van der Waals surface area (Å²) in [6.07, 6.45) is 0. The predicted octanol–water partition coefficient (Wildman–Crippen LogP) is 4.70. The summed E-state index contributed by atoms with van der Waals surface area (Å²) in [4.78, 5) is 4.41. The van der Waals surface area contributed by atoms with Gasteiger partial charge in [0.15, 0.2) is 11.5 Å². The molecule has 144 valence electrons. The highest BCUT2D eigenvalue weighted by atomic mass is 19.1. The standard InChI is InChI=1S/C23H23FN2O2/c1-27-22-11-10-21(15-23(22)28-16-18-6-3-2-4-7-18)26-13-12-25(17-26)20-9-5-8-19(24)14-20/h2-11,14-15H,12-13,16-17H2,1H3. The fraction of sp³-hybridized carbons (Fsp3) is 0.217. The average molecular weight is 378 g/mol. The Labute approximate surface area is 164 Å². The third-order valence-electron chi connectivity index (χ3n) is 4.90. The van der Waals surface area contributed by atoms with Gasteiger partial charge < -0.3 is 19.3 Å². The Morgan fingerprint density at radius 1 is 0.821 bits per heavy atom. The summed E-state index contributed by atoms with van der Waals surface area (Å²) >= 11 is 0. The average Bonchev–Trinajstić information content (AvgIpc) is 3.23. The first-order valence-corrected chi connectivity index (χ1v) is 9.33. The Bertz CT molecular complexity index is 933. The summed E-state index contributed by atoms with van der Waals surface area (Å²) in [6.45, 7) is 2.89. The Morgan fingerprint density at radius 3 is 2.29 bits per heavy atom. The lowest BCUT2D eigenvalue weighted by Crippen LogP contribution is -2.25. The zero-order valence-corrected chi connectivity index (χ0v) is 15.8. The zero-order valence-electron chi connectivity index (χ0n) is 15.8. The predicted molar refractivity (Wildman–Crippen MR) is 110 cm³/mol. The van der Waals surface area contributed by atoms with E-state index in [1.165, 1.54) is 6.07 Å². The molecule has 1 fully saturated rings. The third kappa shape index (κ3) is 4.03. The van der Waals surface area contributed by atoms with Gasteiger partial charge in [-0.3, -0.25) is 0 Å². The van der Waals surface area contributed by atoms with Gasteiger partial charge in [-0.25, -0.2) is 4.39 Å². The first kappa shape index (κ1) is 18.2. The highest BCUT2D eigenvalue weighted by Crippen LogP contribution is 2.34. The van der Waals surface area contributed by atoms with E-state index in [0.717, 1.165) is 30.0 Å². The molecule has 3 aromatic rings. The molecule has 4 nitrogen and oxygen atoms in total. The fourth-order valence-corrected chi connectivity index (χ4v) is 3.39. The van der Waals surface area contributed by atoms with Crippen LogP contribution in [0, 0.1) is 5.82 Å². The number of rotatable bonds is 6. The highest BCUT2D eigenvalue weighted by Gasteiger charge is 2.22. The summed E-state index contributed by atoms with van der Waals surface area (Å²) in [5.41, 5.74) is 3.06. The van der Waals surface area contributed by atoms with E-state index in [-0.39, 0.29) is 5.82 Å². The minimum absolute atomic E-state index is 0.211. The molecular formula is C23H23FN2O2. The van der Waals surface area contributed by atoms with Crippen LogP contribution in [0.15, 0.2) is 72.8 Å². The molecule has 0 amide bonds. The number of nitrogens with zero attached hydrogens (tertiary/aromatic N) is 2. The first-order valence-electron chi connectivity index (χ1n) is 9.33. The molecule has 1 aliphatic rings. The van der Waals surface area contributed by atoms with Crippen LogP contribution in [0.2, 0.25) is 0 Å². The van der Waals surface area contributed by atoms with E-state index < -0.39 is 0 Å². The van der Waals surface area contributed by atoms with E-state index in [0.29, 0.717) is 24.8 Å². The molecule has 1 aliphatic heterocycles. The van der Waals surface area contributed by atoms with Crippen LogP contribution >= 0.6 is 0 Å². The second-order valence-electron chi connectivity index (χ2n) is 6.76. The maximum Gasteiger partial charge on any atom is 0.163 e. The summed E-state index contributed by atoms with van der Waals surface area (Å²) < 4.78 is 25.0. The van der Waals surface area contributed by atoms with Crippen molar-refractivity contribution in [3.05, 3.63) is 84.2 Å². The lowest BCUT2D eigenvalue weighted by Gasteiger charge is -2.22. The second kappa shape index (κ2) is 8.21. The molecule has 1 heterocycles. The van der Waals surface area contributed by atoms with Crippen LogP contribution in [0.3, 0.4) is 0 Å². The Balaban J connectivity index is 1.49. The number of benzene rings is 3. The third-order valence-corrected chi connectivity index (χ3v) is 4.90. The van der Waals surface area contributed by atoms with E-state index in [1.54, 1.807) is 19.2 Å². The smallest absolute Gasteiger partial charge is 0.163 e. The maximum absolute atomic E-state index is 13.5. The minimum Gasteiger partial charge on any atom is -0.493 e. The summed E-state index contributed by atoms with van der Waals surface area (Å²) in [5, 5.41) is 0. The van der Waals surface area contributed by atoms with Crippen molar-refractivity contribution in [3.63, 3.8) is 0 Å². The van der Waals surface area contributed by atoms with Crippen molar-refractivity contribution in [2.75, 3.05) is 36.7 Å². The molecule has 0 saturated carbocycles. The number of anilines is 2. The van der Waals surface area contributed by atoms with Crippen molar-refractivity contribution in [2.24, 2.45) is 0 Å². The molecule has 0 atom stereocenters. The van der Waals surface area contributed by atoms with Crippen LogP contribution in [0.4, 0.5) is 15.8 Å². The molecule has 3 aromatic carbocycles. The lowest BCUT2D eigenvalue weighted by molar-refractivity contribution is 0.284. The monoisotopic (exact) mass is 378 g/mol. The minimum atomic E-state index is -0.211. The van der Waals surface area contributed by atoms with Crippen molar-refractivity contribution >= 4 is 11.4 Å². The number of ether oxygens (including phenoxy) is 2. The zero-order chi connectivity index (χ0) is 19.3. The van der Waals surface area contributed by atoms with Crippen molar-refractivity contribution in [3.8, 4) is 11.5 Å². The van der Waals surface area contributed by atoms with Crippen LogP contribution < -0.4 is 19.3 Å². The van der Waals surface area contributed by atoms with Crippen molar-refractivity contribution in [1.82, 2.24) is 0 Å². The van der Waals surface area contributed by atoms with Crippen molar-refractivity contribution in [2.45, 2.75) is 6.61 Å². The van der Waals surface area contributed by atoms with E-state index in [2.05, 4.69) is 9.80 Å². The molecule has 1 saturated heterocycles. The van der Waals surface area contributed by atoms with E-state index >= 15 is 0 Å². The Kier molecular flexibility index (Phi) is 5.33. The molecule has 5 heteroatoms. The number of hydrogen-bond donors (Lipinski definition) is 0. The Morgan fingerprint density at radius 2 is 1.57 bits per heavy atom. The number of methoxy groups -OCH3 is 1. The highest BCUT2D eigenvalue weighted by molar-refractivity contribution is 5.59. The molecule has 0 bridgehead atoms. The number of hydrogen-bond acceptors (Lipinski definition) is 4. The summed E-state index contributed by atoms with van der Waals surface area (Å²) in [7, 11) is 1.64. The van der Waals surface area contributed by atoms with Gasteiger partial charge in [-0.15, -0.1) is 0 Å². The maximum atomic E-state index is 13.5. The topological polar surface area (TPSA) is 24.9 Å². The van der Waals surface area contributed by atoms with Crippen molar-refractivity contribution < 1.29 is 13.9 Å². The first-order chi connectivity index (χ1) is 13.7. The molecule has 0 unspecified atom stereocenters. The SMILES string of the molecule is COc1ccc(N2CCN(c3cccc(F)c3)C2)cc1OCc1ccccc1. The molecule has 0 aromatic heterocycles. The van der Waals surface area contributed by atoms with Gasteiger partial charge in [-0.2, -0.15) is 0 Å². The van der Waals surface area contributed by atoms with Gasteiger partial charge >= 0.3 is 0 Å². The van der Waals surface area contributed by atoms with Crippen LogP contribution in [0.1, 0.15) is 5.56 Å². The van der Waals surface area contributed by atoms with Gasteiger partial charge in [-0.1, -0.05) is 36.4 Å². The van der Waals surface area contributed by atoms with Crippen LogP contribution in [0.5, 0.6) is 11.5 Å². The molecule has 0 aliphatic carbocycles. The quantitative estimate of drug-likeness (QED) is 0.621. The molecule has 0 N–H and O–H groups in total. The van der Waals surface area contributed by atoms with Gasteiger partial charge in [-0.05, 0) is 35.9 Å². The molecule has 0 radical (unpaired) electrons. The van der Waals surface area contributed by atoms with Gasteiger partial charge in [0, 0.05) is 30.5 Å². The Hall–Kier alpha value is -3.21. The van der Waals surface area contributed by atoms with Crippen LogP contribution in [-0.4, -0.2) is 26.9 Å². The van der Waals surface area contributed by atoms with Crippen molar-refractivity contribution in [1.29, 1.82) is 0 Å². The van der Waals surface area contributed by atoms with Crippen LogP contribution in [0.25, 0.3) is 0 Å². The molecule has 28 heavy (non-hydrogen) atoms. The molecule has 4 rings (SSSR count). The van der Waals surface area contributed by atoms with Gasteiger partial charge in [0.05, 0.1) is 13.8 Å². The lowest BCUT2D eigenvalue weighted by atomic mass is 10.2. The number of halogens is 1. The molecule has 0 spiro atoms. The van der Waals surface area contributed by atoms with Crippen LogP contribution in [-0.2, 0) is 6.61 Å². The largest absolute Gasteiger partial charge is 0.493 e. The van der Waals surface area contributed by atoms with Gasteiger partial charge in [0.2, 0.25) is 0 Å². The van der Waals surface area contributed by atoms with Gasteiger partial charge in [0.1, 0.15) is 12.4 Å². The normalized spacial score (nSPS) is 13.6. The second-order valence-corrected chi connectivity index (χ2v) is 6.76. The van der Waals surface area contributed by atoms with E-state index in [4.69, 9.17) is 9.47 Å². The molecular weight excluding hydrogens is 355 g/mol. The van der Waals surface area contributed by atoms with Gasteiger partial charge in [0.25, 0.3) is 0 Å². The fourth-order valence-electron chi connectivity index (χ4n) is 3.39. The van der Waals surface area contributed by atoms with E-state index in [9.17, 15) is 4.39 Å². The summed E-state index contributed by atoms with van der Waals surface area (Å²) in [6, 6.07) is 22.8. The summed E-state index contributed by atoms with van der Waals surface area (Å²) in [5.74, 6) is 1.21. The van der Waals surface area contributed by atoms with E-state index in [1.807, 2.05) is 54.6 Å².